The highest BCUT2D eigenvalue weighted by molar-refractivity contribution is 6.01. The number of benzene rings is 2. The van der Waals surface area contributed by atoms with Crippen molar-refractivity contribution >= 4 is 17.2 Å². The molecule has 3 nitrogen and oxygen atoms in total. The number of rotatable bonds is 1. The molecule has 2 aliphatic rings. The number of halogens is 2. The summed E-state index contributed by atoms with van der Waals surface area (Å²) >= 11 is 0. The summed E-state index contributed by atoms with van der Waals surface area (Å²) in [5, 5.41) is 6.61. The van der Waals surface area contributed by atoms with Crippen LogP contribution in [0.15, 0.2) is 53.7 Å². The highest BCUT2D eigenvalue weighted by atomic mass is 19.2. The van der Waals surface area contributed by atoms with Gasteiger partial charge in [0.05, 0.1) is 17.4 Å². The lowest BCUT2D eigenvalue weighted by Gasteiger charge is -2.34. The first-order valence-electron chi connectivity index (χ1n) is 8.68. The first-order chi connectivity index (χ1) is 12.4. The summed E-state index contributed by atoms with van der Waals surface area (Å²) in [4.78, 5) is 13.0. The largest absolute Gasteiger partial charge is 0.372 e. The highest BCUT2D eigenvalue weighted by Gasteiger charge is 2.39. The average molecular weight is 354 g/mol. The zero-order valence-corrected chi connectivity index (χ0v) is 14.7. The Kier molecular flexibility index (Phi) is 3.83. The zero-order valence-electron chi connectivity index (χ0n) is 14.7. The van der Waals surface area contributed by atoms with Crippen molar-refractivity contribution in [3.63, 3.8) is 0 Å². The van der Waals surface area contributed by atoms with Gasteiger partial charge >= 0.3 is 0 Å². The molecule has 0 spiro atoms. The molecule has 0 saturated carbocycles. The van der Waals surface area contributed by atoms with E-state index in [0.717, 1.165) is 23.1 Å². The smallest absolute Gasteiger partial charge is 0.164 e. The van der Waals surface area contributed by atoms with Gasteiger partial charge in [-0.25, -0.2) is 8.78 Å². The van der Waals surface area contributed by atoms with Crippen LogP contribution >= 0.6 is 0 Å². The molecule has 2 N–H and O–H groups in total. The van der Waals surface area contributed by atoms with Crippen molar-refractivity contribution in [2.45, 2.75) is 32.7 Å². The monoisotopic (exact) mass is 354 g/mol. The fraction of sp³-hybridized carbons (Fsp3) is 0.286. The van der Waals surface area contributed by atoms with Crippen molar-refractivity contribution < 1.29 is 13.6 Å². The van der Waals surface area contributed by atoms with Crippen LogP contribution in [0.1, 0.15) is 38.3 Å². The molecule has 1 atom stereocenters. The normalized spacial score (nSPS) is 21.2. The van der Waals surface area contributed by atoms with E-state index in [0.29, 0.717) is 18.4 Å². The molecular weight excluding hydrogens is 334 g/mol. The zero-order chi connectivity index (χ0) is 18.5. The first-order valence-corrected chi connectivity index (χ1v) is 8.68. The van der Waals surface area contributed by atoms with Gasteiger partial charge in [0, 0.05) is 23.3 Å². The molecule has 1 heterocycles. The van der Waals surface area contributed by atoms with E-state index in [-0.39, 0.29) is 16.8 Å². The maximum absolute atomic E-state index is 14.6. The minimum absolute atomic E-state index is 0.0438. The van der Waals surface area contributed by atoms with Crippen LogP contribution in [0.3, 0.4) is 0 Å². The summed E-state index contributed by atoms with van der Waals surface area (Å²) in [5.41, 5.74) is 2.80. The van der Waals surface area contributed by atoms with Gasteiger partial charge in [0.2, 0.25) is 0 Å². The molecule has 0 aromatic heterocycles. The van der Waals surface area contributed by atoms with Gasteiger partial charge < -0.3 is 10.6 Å². The third kappa shape index (κ3) is 2.77. The second kappa shape index (κ2) is 5.94. The molecule has 0 unspecified atom stereocenters. The Hall–Kier alpha value is -2.69. The van der Waals surface area contributed by atoms with E-state index in [1.54, 1.807) is 0 Å². The van der Waals surface area contributed by atoms with Crippen LogP contribution in [-0.4, -0.2) is 5.78 Å². The summed E-state index contributed by atoms with van der Waals surface area (Å²) in [6.07, 6.45) is 1.04. The third-order valence-electron chi connectivity index (χ3n) is 5.01. The molecule has 0 saturated heterocycles. The van der Waals surface area contributed by atoms with Crippen LogP contribution in [0.2, 0.25) is 0 Å². The SMILES string of the molecule is CC1(C)CC(=O)C2=C(C1)Nc1ccccc1N[C@H]2c1cccc(F)c1F. The number of para-hydroxylation sites is 2. The highest BCUT2D eigenvalue weighted by Crippen LogP contribution is 2.45. The molecule has 0 radical (unpaired) electrons. The number of ketones is 1. The molecule has 1 aliphatic carbocycles. The van der Waals surface area contributed by atoms with E-state index in [9.17, 15) is 13.6 Å². The summed E-state index contributed by atoms with van der Waals surface area (Å²) in [5.74, 6) is -1.88. The van der Waals surface area contributed by atoms with Gasteiger partial charge in [0.15, 0.2) is 17.4 Å². The molecule has 0 bridgehead atoms. The van der Waals surface area contributed by atoms with E-state index in [4.69, 9.17) is 0 Å². The fourth-order valence-corrected chi connectivity index (χ4v) is 3.87. The number of anilines is 2. The van der Waals surface area contributed by atoms with E-state index >= 15 is 0 Å². The van der Waals surface area contributed by atoms with Crippen molar-refractivity contribution in [2.24, 2.45) is 5.41 Å². The molecule has 4 rings (SSSR count). The molecule has 0 amide bonds. The number of hydrogen-bond donors (Lipinski definition) is 2. The summed E-state index contributed by atoms with van der Waals surface area (Å²) < 4.78 is 28.4. The predicted octanol–water partition coefficient (Wildman–Crippen LogP) is 5.19. The summed E-state index contributed by atoms with van der Waals surface area (Å²) in [7, 11) is 0. The summed E-state index contributed by atoms with van der Waals surface area (Å²) in [6, 6.07) is 10.9. The number of Topliss-reactive ketones (excluding diaryl/α,β-unsaturated/α-hetero) is 1. The van der Waals surface area contributed by atoms with Crippen molar-refractivity contribution in [2.75, 3.05) is 10.6 Å². The second-order valence-corrected chi connectivity index (χ2v) is 7.72. The van der Waals surface area contributed by atoms with E-state index < -0.39 is 17.7 Å². The quantitative estimate of drug-likeness (QED) is 0.741. The minimum atomic E-state index is -0.922. The minimum Gasteiger partial charge on any atom is -0.372 e. The van der Waals surface area contributed by atoms with Crippen LogP contribution in [0.4, 0.5) is 20.2 Å². The molecule has 1 aliphatic heterocycles. The van der Waals surface area contributed by atoms with Gasteiger partial charge in [-0.1, -0.05) is 38.1 Å². The predicted molar refractivity (Wildman–Crippen MR) is 97.8 cm³/mol. The number of carbonyl (C=O) groups is 1. The molecule has 26 heavy (non-hydrogen) atoms. The van der Waals surface area contributed by atoms with Gasteiger partial charge in [-0.3, -0.25) is 4.79 Å². The molecule has 5 heteroatoms. The number of carbonyl (C=O) groups excluding carboxylic acids is 1. The van der Waals surface area contributed by atoms with Crippen molar-refractivity contribution in [1.82, 2.24) is 0 Å². The maximum atomic E-state index is 14.6. The van der Waals surface area contributed by atoms with E-state index in [1.165, 1.54) is 12.1 Å². The Morgan fingerprint density at radius 1 is 1.00 bits per heavy atom. The van der Waals surface area contributed by atoms with Crippen LogP contribution in [0, 0.1) is 17.0 Å². The lowest BCUT2D eigenvalue weighted by Crippen LogP contribution is -2.31. The maximum Gasteiger partial charge on any atom is 0.164 e. The number of fused-ring (bicyclic) bond motifs is 1. The van der Waals surface area contributed by atoms with Crippen molar-refractivity contribution in [3.8, 4) is 0 Å². The lowest BCUT2D eigenvalue weighted by atomic mass is 9.73. The van der Waals surface area contributed by atoms with Gasteiger partial charge in [-0.05, 0) is 30.0 Å². The van der Waals surface area contributed by atoms with Crippen LogP contribution in [-0.2, 0) is 4.79 Å². The van der Waals surface area contributed by atoms with Gasteiger partial charge in [0.1, 0.15) is 0 Å². The summed E-state index contributed by atoms with van der Waals surface area (Å²) in [6.45, 7) is 4.08. The number of allylic oxidation sites excluding steroid dienone is 1. The van der Waals surface area contributed by atoms with E-state index in [2.05, 4.69) is 10.6 Å². The Morgan fingerprint density at radius 2 is 1.73 bits per heavy atom. The Balaban J connectivity index is 1.93. The molecule has 2 aromatic rings. The van der Waals surface area contributed by atoms with Crippen molar-refractivity contribution in [1.29, 1.82) is 0 Å². The fourth-order valence-electron chi connectivity index (χ4n) is 3.87. The molecule has 2 aromatic carbocycles. The second-order valence-electron chi connectivity index (χ2n) is 7.72. The number of hydrogen-bond acceptors (Lipinski definition) is 3. The third-order valence-corrected chi connectivity index (χ3v) is 5.01. The Bertz CT molecular complexity index is 933. The topological polar surface area (TPSA) is 41.1 Å². The molecular formula is C21H20F2N2O. The molecule has 134 valence electrons. The Labute approximate surface area is 151 Å². The number of nitrogens with one attached hydrogen (secondary N) is 2. The van der Waals surface area contributed by atoms with Crippen LogP contribution < -0.4 is 10.6 Å². The molecule has 0 fully saturated rings. The van der Waals surface area contributed by atoms with Crippen LogP contribution in [0.5, 0.6) is 0 Å². The van der Waals surface area contributed by atoms with Gasteiger partial charge in [0.25, 0.3) is 0 Å². The van der Waals surface area contributed by atoms with Crippen LogP contribution in [0.25, 0.3) is 0 Å². The average Bonchev–Trinajstić information content (AvgIpc) is 2.72. The Morgan fingerprint density at radius 3 is 2.50 bits per heavy atom. The standard InChI is InChI=1S/C21H20F2N2O/c1-21(2)10-16-18(17(26)11-21)20(12-6-5-7-13(22)19(12)23)25-15-9-4-3-8-14(15)24-16/h3-9,20,24-25H,10-11H2,1-2H3/t20-/m0/s1. The van der Waals surface area contributed by atoms with Crippen molar-refractivity contribution in [3.05, 3.63) is 70.9 Å². The van der Waals surface area contributed by atoms with Gasteiger partial charge in [-0.15, -0.1) is 0 Å². The van der Waals surface area contributed by atoms with E-state index in [1.807, 2.05) is 38.1 Å². The first kappa shape index (κ1) is 16.8. The van der Waals surface area contributed by atoms with Gasteiger partial charge in [-0.2, -0.15) is 0 Å². The lowest BCUT2D eigenvalue weighted by molar-refractivity contribution is -0.118.